The van der Waals surface area contributed by atoms with Gasteiger partial charge in [0, 0.05) is 12.1 Å². The summed E-state index contributed by atoms with van der Waals surface area (Å²) in [6, 6.07) is 10.9. The molecule has 0 radical (unpaired) electrons. The summed E-state index contributed by atoms with van der Waals surface area (Å²) in [4.78, 5) is 0. The van der Waals surface area contributed by atoms with Crippen LogP contribution < -0.4 is 5.73 Å². The van der Waals surface area contributed by atoms with Gasteiger partial charge in [0.15, 0.2) is 0 Å². The molecule has 2 rings (SSSR count). The Morgan fingerprint density at radius 1 is 1.14 bits per heavy atom. The maximum Gasteiger partial charge on any atom is 0.101 e. The number of nitrogens with zero attached hydrogens (tertiary/aromatic N) is 1. The minimum absolute atomic E-state index is 0.583. The topological polar surface area (TPSA) is 49.8 Å². The standard InChI is InChI=1S/C20H24N2/c1-2-3-4-5-6-16-7-9-17(10-8-16)13-18-11-12-19(15-21)20(22)14-18/h7-13H,2-6,14,22H2,1H3. The monoisotopic (exact) mass is 292 g/mol. The Kier molecular flexibility index (Phi) is 6.03. The third kappa shape index (κ3) is 4.63. The normalized spacial score (nSPS) is 16.1. The van der Waals surface area contributed by atoms with Crippen molar-refractivity contribution < 1.29 is 0 Å². The molecule has 1 aromatic rings. The van der Waals surface area contributed by atoms with Crippen LogP contribution in [0, 0.1) is 11.3 Å². The lowest BCUT2D eigenvalue weighted by Gasteiger charge is -2.10. The van der Waals surface area contributed by atoms with Crippen LogP contribution in [0.3, 0.4) is 0 Å². The highest BCUT2D eigenvalue weighted by Gasteiger charge is 2.07. The summed E-state index contributed by atoms with van der Waals surface area (Å²) in [6.07, 6.45) is 12.9. The Bertz CT molecular complexity index is 625. The van der Waals surface area contributed by atoms with Crippen LogP contribution in [-0.2, 0) is 6.42 Å². The Morgan fingerprint density at radius 3 is 2.55 bits per heavy atom. The van der Waals surface area contributed by atoms with E-state index in [2.05, 4.69) is 43.3 Å². The summed E-state index contributed by atoms with van der Waals surface area (Å²) in [5.74, 6) is 0. The molecule has 1 aromatic carbocycles. The van der Waals surface area contributed by atoms with Crippen LogP contribution in [0.1, 0.15) is 50.2 Å². The lowest BCUT2D eigenvalue weighted by Crippen LogP contribution is -2.05. The summed E-state index contributed by atoms with van der Waals surface area (Å²) in [5.41, 5.74) is 10.9. The van der Waals surface area contributed by atoms with Gasteiger partial charge in [0.2, 0.25) is 0 Å². The second-order valence-corrected chi connectivity index (χ2v) is 5.83. The first-order chi connectivity index (χ1) is 10.7. The van der Waals surface area contributed by atoms with Crippen molar-refractivity contribution in [2.75, 3.05) is 0 Å². The van der Waals surface area contributed by atoms with E-state index < -0.39 is 0 Å². The van der Waals surface area contributed by atoms with Gasteiger partial charge < -0.3 is 5.73 Å². The molecule has 114 valence electrons. The van der Waals surface area contributed by atoms with E-state index in [9.17, 15) is 0 Å². The van der Waals surface area contributed by atoms with E-state index in [1.165, 1.54) is 36.8 Å². The van der Waals surface area contributed by atoms with Crippen molar-refractivity contribution in [1.29, 1.82) is 5.26 Å². The second kappa shape index (κ2) is 8.24. The zero-order chi connectivity index (χ0) is 15.8. The lowest BCUT2D eigenvalue weighted by molar-refractivity contribution is 0.667. The van der Waals surface area contributed by atoms with Crippen LogP contribution in [0.2, 0.25) is 0 Å². The average Bonchev–Trinajstić information content (AvgIpc) is 2.53. The highest BCUT2D eigenvalue weighted by molar-refractivity contribution is 5.60. The molecule has 2 N–H and O–H groups in total. The van der Waals surface area contributed by atoms with Crippen molar-refractivity contribution in [3.05, 3.63) is 64.4 Å². The van der Waals surface area contributed by atoms with Gasteiger partial charge in [-0.05, 0) is 35.6 Å². The lowest BCUT2D eigenvalue weighted by atomic mass is 9.97. The molecule has 0 heterocycles. The first-order valence-electron chi connectivity index (χ1n) is 8.09. The molecule has 0 fully saturated rings. The Balaban J connectivity index is 1.95. The number of unbranched alkanes of at least 4 members (excludes halogenated alkanes) is 3. The Labute approximate surface area is 133 Å². The number of nitrogens with two attached hydrogens (primary N) is 1. The Morgan fingerprint density at radius 2 is 1.91 bits per heavy atom. The smallest absolute Gasteiger partial charge is 0.101 e. The molecule has 1 aliphatic rings. The van der Waals surface area contributed by atoms with Gasteiger partial charge in [-0.1, -0.05) is 62.6 Å². The van der Waals surface area contributed by atoms with Crippen molar-refractivity contribution in [1.82, 2.24) is 0 Å². The van der Waals surface area contributed by atoms with Crippen molar-refractivity contribution >= 4 is 6.08 Å². The number of rotatable bonds is 6. The fraction of sp³-hybridized carbons (Fsp3) is 0.350. The molecule has 0 saturated carbocycles. The van der Waals surface area contributed by atoms with E-state index in [1.807, 2.05) is 6.08 Å². The molecule has 0 atom stereocenters. The summed E-state index contributed by atoms with van der Waals surface area (Å²) in [6.45, 7) is 2.24. The van der Waals surface area contributed by atoms with E-state index in [4.69, 9.17) is 11.0 Å². The molecule has 1 aliphatic carbocycles. The van der Waals surface area contributed by atoms with Crippen LogP contribution in [0.15, 0.2) is 53.3 Å². The van der Waals surface area contributed by atoms with E-state index in [0.717, 1.165) is 12.0 Å². The molecule has 0 saturated heterocycles. The second-order valence-electron chi connectivity index (χ2n) is 5.83. The molecule has 0 unspecified atom stereocenters. The van der Waals surface area contributed by atoms with Gasteiger partial charge in [-0.3, -0.25) is 0 Å². The van der Waals surface area contributed by atoms with Gasteiger partial charge in [-0.25, -0.2) is 0 Å². The molecular formula is C20H24N2. The molecule has 0 aliphatic heterocycles. The first kappa shape index (κ1) is 16.1. The summed E-state index contributed by atoms with van der Waals surface area (Å²) in [5, 5.41) is 8.91. The molecular weight excluding hydrogens is 268 g/mol. The number of aryl methyl sites for hydroxylation is 1. The predicted octanol–water partition coefficient (Wildman–Crippen LogP) is 4.89. The van der Waals surface area contributed by atoms with E-state index in [0.29, 0.717) is 17.7 Å². The molecule has 2 heteroatoms. The van der Waals surface area contributed by atoms with Crippen molar-refractivity contribution in [3.63, 3.8) is 0 Å². The molecule has 0 spiro atoms. The largest absolute Gasteiger partial charge is 0.401 e. The van der Waals surface area contributed by atoms with Gasteiger partial charge in [0.25, 0.3) is 0 Å². The quantitative estimate of drug-likeness (QED) is 0.759. The first-order valence-corrected chi connectivity index (χ1v) is 8.09. The minimum atomic E-state index is 0.583. The van der Waals surface area contributed by atoms with Crippen LogP contribution >= 0.6 is 0 Å². The fourth-order valence-corrected chi connectivity index (χ4v) is 2.63. The van der Waals surface area contributed by atoms with Crippen molar-refractivity contribution in [3.8, 4) is 6.07 Å². The molecule has 22 heavy (non-hydrogen) atoms. The molecule has 2 nitrogen and oxygen atoms in total. The van der Waals surface area contributed by atoms with Crippen LogP contribution in [0.4, 0.5) is 0 Å². The maximum absolute atomic E-state index is 8.91. The highest BCUT2D eigenvalue weighted by Crippen LogP contribution is 2.22. The number of nitriles is 1. The summed E-state index contributed by atoms with van der Waals surface area (Å²) in [7, 11) is 0. The van der Waals surface area contributed by atoms with Gasteiger partial charge in [-0.2, -0.15) is 5.26 Å². The number of allylic oxidation sites excluding steroid dienone is 4. The van der Waals surface area contributed by atoms with E-state index >= 15 is 0 Å². The Hall–Kier alpha value is -2.27. The van der Waals surface area contributed by atoms with Gasteiger partial charge in [-0.15, -0.1) is 0 Å². The highest BCUT2D eigenvalue weighted by atomic mass is 14.6. The molecule has 0 bridgehead atoms. The summed E-state index contributed by atoms with van der Waals surface area (Å²) < 4.78 is 0. The molecule has 0 aromatic heterocycles. The van der Waals surface area contributed by atoms with E-state index in [1.54, 1.807) is 6.08 Å². The zero-order valence-corrected chi connectivity index (χ0v) is 13.3. The number of hydrogen-bond donors (Lipinski definition) is 1. The average molecular weight is 292 g/mol. The molecule has 0 amide bonds. The van der Waals surface area contributed by atoms with Crippen LogP contribution in [0.25, 0.3) is 6.08 Å². The van der Waals surface area contributed by atoms with Crippen molar-refractivity contribution in [2.24, 2.45) is 5.73 Å². The maximum atomic E-state index is 8.91. The third-order valence-electron chi connectivity index (χ3n) is 3.98. The van der Waals surface area contributed by atoms with Gasteiger partial charge in [0.05, 0.1) is 5.57 Å². The van der Waals surface area contributed by atoms with Crippen molar-refractivity contribution in [2.45, 2.75) is 45.4 Å². The van der Waals surface area contributed by atoms with Crippen LogP contribution in [0.5, 0.6) is 0 Å². The van der Waals surface area contributed by atoms with Gasteiger partial charge >= 0.3 is 0 Å². The van der Waals surface area contributed by atoms with E-state index in [-0.39, 0.29) is 0 Å². The van der Waals surface area contributed by atoms with Crippen LogP contribution in [-0.4, -0.2) is 0 Å². The zero-order valence-electron chi connectivity index (χ0n) is 13.3. The van der Waals surface area contributed by atoms with Gasteiger partial charge in [0.1, 0.15) is 6.07 Å². The third-order valence-corrected chi connectivity index (χ3v) is 3.98. The predicted molar refractivity (Wildman–Crippen MR) is 92.8 cm³/mol. The SMILES string of the molecule is CCCCCCc1ccc(C=C2C=CC(C#N)=C(N)C2)cc1. The number of benzene rings is 1. The fourth-order valence-electron chi connectivity index (χ4n) is 2.63. The number of hydrogen-bond acceptors (Lipinski definition) is 2. The summed E-state index contributed by atoms with van der Waals surface area (Å²) >= 11 is 0. The minimum Gasteiger partial charge on any atom is -0.401 e.